The van der Waals surface area contributed by atoms with Crippen LogP contribution in [-0.2, 0) is 6.54 Å². The third-order valence-electron chi connectivity index (χ3n) is 3.74. The quantitative estimate of drug-likeness (QED) is 0.744. The number of rotatable bonds is 9. The van der Waals surface area contributed by atoms with Crippen molar-refractivity contribution in [2.24, 2.45) is 11.8 Å². The molecule has 1 aliphatic carbocycles. The van der Waals surface area contributed by atoms with Gasteiger partial charge in [0.1, 0.15) is 5.82 Å². The monoisotopic (exact) mass is 309 g/mol. The van der Waals surface area contributed by atoms with Gasteiger partial charge < -0.3 is 10.2 Å². The average Bonchev–Trinajstić information content (AvgIpc) is 3.24. The molecule has 1 aliphatic rings. The number of hydrogen-bond acceptors (Lipinski definition) is 3. The van der Waals surface area contributed by atoms with Crippen molar-refractivity contribution >= 4 is 17.4 Å². The molecule has 118 valence electrons. The van der Waals surface area contributed by atoms with E-state index in [2.05, 4.69) is 37.1 Å². The van der Waals surface area contributed by atoms with Crippen LogP contribution in [0.15, 0.2) is 12.1 Å². The summed E-state index contributed by atoms with van der Waals surface area (Å²) in [6, 6.07) is 4.05. The van der Waals surface area contributed by atoms with Gasteiger partial charge in [-0.1, -0.05) is 32.4 Å². The Kier molecular flexibility index (Phi) is 6.31. The molecule has 0 radical (unpaired) electrons. The van der Waals surface area contributed by atoms with E-state index in [1.807, 2.05) is 6.07 Å². The first-order chi connectivity index (χ1) is 10.1. The standard InChI is InChI=1S/C17H28ClN3/c1-4-9-21(12-14-5-6-14)17-8-7-15(18)16(20-17)11-19-10-13(2)3/h7-8,13-14,19H,4-6,9-12H2,1-3H3. The third-order valence-corrected chi connectivity index (χ3v) is 4.09. The molecule has 2 rings (SSSR count). The normalized spacial score (nSPS) is 14.7. The molecule has 0 aromatic carbocycles. The van der Waals surface area contributed by atoms with E-state index in [1.54, 1.807) is 0 Å². The number of nitrogens with one attached hydrogen (secondary N) is 1. The molecule has 1 saturated carbocycles. The second-order valence-electron chi connectivity index (χ2n) is 6.51. The molecule has 1 N–H and O–H groups in total. The zero-order valence-corrected chi connectivity index (χ0v) is 14.3. The first-order valence-corrected chi connectivity index (χ1v) is 8.59. The van der Waals surface area contributed by atoms with Gasteiger partial charge in [-0.15, -0.1) is 0 Å². The Labute approximate surface area is 134 Å². The maximum atomic E-state index is 6.29. The Balaban J connectivity index is 2.03. The lowest BCUT2D eigenvalue weighted by Gasteiger charge is -2.24. The van der Waals surface area contributed by atoms with Gasteiger partial charge in [0.2, 0.25) is 0 Å². The lowest BCUT2D eigenvalue weighted by Crippen LogP contribution is -2.28. The molecule has 0 unspecified atom stereocenters. The maximum absolute atomic E-state index is 6.29. The van der Waals surface area contributed by atoms with Crippen molar-refractivity contribution in [3.8, 4) is 0 Å². The first kappa shape index (κ1) is 16.6. The van der Waals surface area contributed by atoms with Crippen LogP contribution in [-0.4, -0.2) is 24.6 Å². The van der Waals surface area contributed by atoms with Crippen LogP contribution >= 0.6 is 11.6 Å². The number of pyridine rings is 1. The Morgan fingerprint density at radius 2 is 2.14 bits per heavy atom. The summed E-state index contributed by atoms with van der Waals surface area (Å²) in [5.41, 5.74) is 0.965. The van der Waals surface area contributed by atoms with E-state index in [0.717, 1.165) is 55.1 Å². The van der Waals surface area contributed by atoms with Gasteiger partial charge in [0, 0.05) is 19.6 Å². The summed E-state index contributed by atoms with van der Waals surface area (Å²) >= 11 is 6.29. The summed E-state index contributed by atoms with van der Waals surface area (Å²) in [6.07, 6.45) is 3.89. The molecule has 21 heavy (non-hydrogen) atoms. The first-order valence-electron chi connectivity index (χ1n) is 8.21. The van der Waals surface area contributed by atoms with Crippen molar-refractivity contribution in [3.63, 3.8) is 0 Å². The molecule has 1 aromatic rings. The van der Waals surface area contributed by atoms with Gasteiger partial charge in [0.15, 0.2) is 0 Å². The number of halogens is 1. The predicted octanol–water partition coefficient (Wildman–Crippen LogP) is 4.11. The third kappa shape index (κ3) is 5.48. The van der Waals surface area contributed by atoms with Gasteiger partial charge in [0.05, 0.1) is 10.7 Å². The van der Waals surface area contributed by atoms with E-state index in [0.29, 0.717) is 5.92 Å². The summed E-state index contributed by atoms with van der Waals surface area (Å²) in [5, 5.41) is 4.19. The molecular formula is C17H28ClN3. The fourth-order valence-electron chi connectivity index (χ4n) is 2.43. The Morgan fingerprint density at radius 3 is 2.76 bits per heavy atom. The zero-order valence-electron chi connectivity index (χ0n) is 13.5. The highest BCUT2D eigenvalue weighted by Crippen LogP contribution is 2.31. The molecule has 0 atom stereocenters. The Morgan fingerprint density at radius 1 is 1.38 bits per heavy atom. The summed E-state index contributed by atoms with van der Waals surface area (Å²) < 4.78 is 0. The average molecular weight is 310 g/mol. The molecule has 3 nitrogen and oxygen atoms in total. The molecule has 1 heterocycles. The van der Waals surface area contributed by atoms with Gasteiger partial charge >= 0.3 is 0 Å². The van der Waals surface area contributed by atoms with E-state index < -0.39 is 0 Å². The largest absolute Gasteiger partial charge is 0.356 e. The molecule has 4 heteroatoms. The van der Waals surface area contributed by atoms with Crippen LogP contribution in [0, 0.1) is 11.8 Å². The highest BCUT2D eigenvalue weighted by Gasteiger charge is 2.24. The van der Waals surface area contributed by atoms with E-state index >= 15 is 0 Å². The van der Waals surface area contributed by atoms with Crippen LogP contribution in [0.3, 0.4) is 0 Å². The van der Waals surface area contributed by atoms with Crippen LogP contribution in [0.25, 0.3) is 0 Å². The molecule has 0 aliphatic heterocycles. The fraction of sp³-hybridized carbons (Fsp3) is 0.706. The minimum absolute atomic E-state index is 0.637. The van der Waals surface area contributed by atoms with Crippen molar-refractivity contribution < 1.29 is 0 Å². The Bertz CT molecular complexity index is 444. The zero-order chi connectivity index (χ0) is 15.2. The summed E-state index contributed by atoms with van der Waals surface area (Å²) in [7, 11) is 0. The van der Waals surface area contributed by atoms with Gasteiger partial charge in [0.25, 0.3) is 0 Å². The van der Waals surface area contributed by atoms with E-state index in [4.69, 9.17) is 16.6 Å². The molecule has 0 spiro atoms. The number of aromatic nitrogens is 1. The van der Waals surface area contributed by atoms with Crippen LogP contribution in [0.1, 0.15) is 45.7 Å². The van der Waals surface area contributed by atoms with Gasteiger partial charge in [-0.05, 0) is 49.8 Å². The lowest BCUT2D eigenvalue weighted by atomic mass is 10.2. The lowest BCUT2D eigenvalue weighted by molar-refractivity contribution is 0.548. The predicted molar refractivity (Wildman–Crippen MR) is 91.0 cm³/mol. The molecule has 0 amide bonds. The second-order valence-corrected chi connectivity index (χ2v) is 6.92. The minimum Gasteiger partial charge on any atom is -0.356 e. The molecule has 0 bridgehead atoms. The summed E-state index contributed by atoms with van der Waals surface area (Å²) in [5.74, 6) is 2.59. The van der Waals surface area contributed by atoms with Crippen molar-refractivity contribution in [2.45, 2.75) is 46.6 Å². The molecule has 1 fully saturated rings. The highest BCUT2D eigenvalue weighted by molar-refractivity contribution is 6.31. The Hall–Kier alpha value is -0.800. The van der Waals surface area contributed by atoms with E-state index in [1.165, 1.54) is 12.8 Å². The summed E-state index contributed by atoms with van der Waals surface area (Å²) in [6.45, 7) is 10.6. The minimum atomic E-state index is 0.637. The van der Waals surface area contributed by atoms with Gasteiger partial charge in [-0.25, -0.2) is 4.98 Å². The van der Waals surface area contributed by atoms with E-state index in [-0.39, 0.29) is 0 Å². The molecule has 1 aromatic heterocycles. The van der Waals surface area contributed by atoms with E-state index in [9.17, 15) is 0 Å². The summed E-state index contributed by atoms with van der Waals surface area (Å²) in [4.78, 5) is 7.22. The van der Waals surface area contributed by atoms with Crippen molar-refractivity contribution in [3.05, 3.63) is 22.8 Å². The SMILES string of the molecule is CCCN(CC1CC1)c1ccc(Cl)c(CNCC(C)C)n1. The number of nitrogens with zero attached hydrogens (tertiary/aromatic N) is 2. The van der Waals surface area contributed by atoms with Crippen LogP contribution in [0.4, 0.5) is 5.82 Å². The van der Waals surface area contributed by atoms with Crippen LogP contribution in [0.2, 0.25) is 5.02 Å². The van der Waals surface area contributed by atoms with Gasteiger partial charge in [-0.3, -0.25) is 0 Å². The molecular weight excluding hydrogens is 282 g/mol. The number of hydrogen-bond donors (Lipinski definition) is 1. The fourth-order valence-corrected chi connectivity index (χ4v) is 2.61. The highest BCUT2D eigenvalue weighted by atomic mass is 35.5. The van der Waals surface area contributed by atoms with Crippen molar-refractivity contribution in [1.29, 1.82) is 0 Å². The maximum Gasteiger partial charge on any atom is 0.128 e. The topological polar surface area (TPSA) is 28.2 Å². The molecule has 0 saturated heterocycles. The smallest absolute Gasteiger partial charge is 0.128 e. The number of anilines is 1. The van der Waals surface area contributed by atoms with Gasteiger partial charge in [-0.2, -0.15) is 0 Å². The van der Waals surface area contributed by atoms with Crippen LogP contribution < -0.4 is 10.2 Å². The van der Waals surface area contributed by atoms with Crippen LogP contribution in [0.5, 0.6) is 0 Å². The van der Waals surface area contributed by atoms with Crippen molar-refractivity contribution in [2.75, 3.05) is 24.5 Å². The second kappa shape index (κ2) is 8.00. The van der Waals surface area contributed by atoms with Crippen molar-refractivity contribution in [1.82, 2.24) is 10.3 Å².